The highest BCUT2D eigenvalue weighted by Gasteiger charge is 2.36. The van der Waals surface area contributed by atoms with Gasteiger partial charge in [-0.15, -0.1) is 6.58 Å². The molecule has 1 aromatic carbocycles. The molecule has 2 atom stereocenters. The van der Waals surface area contributed by atoms with Crippen LogP contribution in [0.3, 0.4) is 0 Å². The summed E-state index contributed by atoms with van der Waals surface area (Å²) >= 11 is 4.19. The maximum atomic E-state index is 13.5. The highest BCUT2D eigenvalue weighted by Crippen LogP contribution is 2.29. The molecule has 0 aromatic heterocycles. The molecule has 0 spiro atoms. The zero-order valence-corrected chi connectivity index (χ0v) is 21.5. The third-order valence-electron chi connectivity index (χ3n) is 4.51. The predicted octanol–water partition coefficient (Wildman–Crippen LogP) is 2.34. The molecule has 3 amide bonds. The molecule has 1 aromatic rings. The van der Waals surface area contributed by atoms with Crippen molar-refractivity contribution in [2.75, 3.05) is 25.4 Å². The number of carbonyl (C=O) groups excluding carboxylic acids is 4. The third-order valence-corrected chi connectivity index (χ3v) is 4.87. The number of esters is 1. The second kappa shape index (κ2) is 14.2. The lowest BCUT2D eigenvalue weighted by molar-refractivity contribution is -0.144. The van der Waals surface area contributed by atoms with Crippen molar-refractivity contribution in [3.63, 3.8) is 0 Å². The van der Waals surface area contributed by atoms with Crippen molar-refractivity contribution in [1.82, 2.24) is 15.5 Å². The van der Waals surface area contributed by atoms with Gasteiger partial charge in [-0.1, -0.05) is 24.3 Å². The van der Waals surface area contributed by atoms with Crippen molar-refractivity contribution in [1.29, 1.82) is 0 Å². The van der Waals surface area contributed by atoms with Crippen LogP contribution >= 0.6 is 12.6 Å². The summed E-state index contributed by atoms with van der Waals surface area (Å²) in [7, 11) is 0. The number of ether oxygens (including phenoxy) is 2. The highest BCUT2D eigenvalue weighted by molar-refractivity contribution is 7.80. The number of hydrogen-bond donors (Lipinski definition) is 4. The molecule has 0 radical (unpaired) electrons. The average Bonchev–Trinajstić information content (AvgIpc) is 2.76. The van der Waals surface area contributed by atoms with Crippen LogP contribution in [0.4, 0.5) is 4.79 Å². The lowest BCUT2D eigenvalue weighted by Crippen LogP contribution is -2.54. The first-order valence-corrected chi connectivity index (χ1v) is 11.8. The standard InChI is InChI=1S/C24H35N3O7S/c1-6-14-27(22(31)17(15-35)26-23(32)34-24(3,4)5)20(16-10-8-9-11-18(16)28)21(30)25-13-12-19(29)33-7-2/h6,8-11,17,20,28,35H,1,7,12-15H2,2-5H3,(H,25,30)(H,26,32). The Balaban J connectivity index is 3.26. The van der Waals surface area contributed by atoms with Crippen molar-refractivity contribution in [2.24, 2.45) is 0 Å². The van der Waals surface area contributed by atoms with Gasteiger partial charge in [-0.25, -0.2) is 4.79 Å². The number of phenols is 1. The molecule has 0 aliphatic heterocycles. The van der Waals surface area contributed by atoms with Crippen molar-refractivity contribution in [3.8, 4) is 5.75 Å². The van der Waals surface area contributed by atoms with Gasteiger partial charge in [0.25, 0.3) is 0 Å². The second-order valence-corrected chi connectivity index (χ2v) is 8.83. The van der Waals surface area contributed by atoms with Gasteiger partial charge >= 0.3 is 12.1 Å². The molecule has 1 rings (SSSR count). The first-order chi connectivity index (χ1) is 16.4. The largest absolute Gasteiger partial charge is 0.508 e. The van der Waals surface area contributed by atoms with E-state index < -0.39 is 41.6 Å². The van der Waals surface area contributed by atoms with E-state index in [1.807, 2.05) is 0 Å². The summed E-state index contributed by atoms with van der Waals surface area (Å²) in [6.45, 7) is 10.5. The minimum atomic E-state index is -1.29. The van der Waals surface area contributed by atoms with Crippen LogP contribution < -0.4 is 10.6 Å². The van der Waals surface area contributed by atoms with Gasteiger partial charge in [0.1, 0.15) is 23.4 Å². The van der Waals surface area contributed by atoms with Gasteiger partial charge in [0.05, 0.1) is 13.0 Å². The van der Waals surface area contributed by atoms with Crippen molar-refractivity contribution in [3.05, 3.63) is 42.5 Å². The van der Waals surface area contributed by atoms with Gasteiger partial charge < -0.3 is 30.1 Å². The number of alkyl carbamates (subject to hydrolysis) is 1. The molecule has 0 saturated carbocycles. The monoisotopic (exact) mass is 509 g/mol. The molecule has 35 heavy (non-hydrogen) atoms. The Morgan fingerprint density at radius 1 is 1.23 bits per heavy atom. The number of amides is 3. The summed E-state index contributed by atoms with van der Waals surface area (Å²) in [4.78, 5) is 51.8. The van der Waals surface area contributed by atoms with Gasteiger partial charge in [0.15, 0.2) is 0 Å². The maximum Gasteiger partial charge on any atom is 0.408 e. The van der Waals surface area contributed by atoms with Crippen molar-refractivity contribution in [2.45, 2.75) is 51.8 Å². The molecule has 10 nitrogen and oxygen atoms in total. The van der Waals surface area contributed by atoms with E-state index >= 15 is 0 Å². The maximum absolute atomic E-state index is 13.5. The number of rotatable bonds is 12. The van der Waals surface area contributed by atoms with Gasteiger partial charge in [-0.3, -0.25) is 14.4 Å². The van der Waals surface area contributed by atoms with Crippen LogP contribution in [0, 0.1) is 0 Å². The lowest BCUT2D eigenvalue weighted by Gasteiger charge is -2.33. The van der Waals surface area contributed by atoms with Crippen LogP contribution in [0.5, 0.6) is 5.75 Å². The molecule has 0 heterocycles. The van der Waals surface area contributed by atoms with E-state index in [1.54, 1.807) is 39.8 Å². The Morgan fingerprint density at radius 3 is 2.43 bits per heavy atom. The van der Waals surface area contributed by atoms with E-state index in [4.69, 9.17) is 9.47 Å². The minimum Gasteiger partial charge on any atom is -0.508 e. The number of phenolic OH excluding ortho intramolecular Hbond substituents is 1. The van der Waals surface area contributed by atoms with E-state index in [2.05, 4.69) is 29.8 Å². The number of benzene rings is 1. The molecule has 11 heteroatoms. The molecule has 0 saturated heterocycles. The molecular formula is C24H35N3O7S. The molecule has 194 valence electrons. The predicted molar refractivity (Wildman–Crippen MR) is 134 cm³/mol. The first-order valence-electron chi connectivity index (χ1n) is 11.2. The Kier molecular flexibility index (Phi) is 12.1. The summed E-state index contributed by atoms with van der Waals surface area (Å²) in [6.07, 6.45) is 0.531. The number of hydrogen-bond acceptors (Lipinski definition) is 8. The van der Waals surface area contributed by atoms with Crippen LogP contribution in [0.25, 0.3) is 0 Å². The number of aromatic hydroxyl groups is 1. The van der Waals surface area contributed by atoms with E-state index in [1.165, 1.54) is 23.1 Å². The minimum absolute atomic E-state index is 0.0377. The first kappa shape index (κ1) is 29.8. The molecule has 0 aliphatic rings. The fourth-order valence-electron chi connectivity index (χ4n) is 3.08. The number of nitrogens with zero attached hydrogens (tertiary/aromatic N) is 1. The van der Waals surface area contributed by atoms with E-state index in [-0.39, 0.29) is 43.2 Å². The van der Waals surface area contributed by atoms with Gasteiger partial charge in [-0.05, 0) is 33.8 Å². The number of carbonyl (C=O) groups is 4. The summed E-state index contributed by atoms with van der Waals surface area (Å²) in [6, 6.07) is 3.67. The highest BCUT2D eigenvalue weighted by atomic mass is 32.1. The second-order valence-electron chi connectivity index (χ2n) is 8.47. The fourth-order valence-corrected chi connectivity index (χ4v) is 3.33. The fraction of sp³-hybridized carbons (Fsp3) is 0.500. The zero-order valence-electron chi connectivity index (χ0n) is 20.6. The van der Waals surface area contributed by atoms with Gasteiger partial charge in [0.2, 0.25) is 11.8 Å². The topological polar surface area (TPSA) is 134 Å². The van der Waals surface area contributed by atoms with E-state index in [0.717, 1.165) is 0 Å². The average molecular weight is 510 g/mol. The normalized spacial score (nSPS) is 12.6. The van der Waals surface area contributed by atoms with Gasteiger partial charge in [-0.2, -0.15) is 12.6 Å². The zero-order chi connectivity index (χ0) is 26.6. The van der Waals surface area contributed by atoms with E-state index in [9.17, 15) is 24.3 Å². The summed E-state index contributed by atoms with van der Waals surface area (Å²) in [5, 5.41) is 15.5. The summed E-state index contributed by atoms with van der Waals surface area (Å²) < 4.78 is 10.1. The van der Waals surface area contributed by atoms with Crippen LogP contribution in [0.1, 0.15) is 45.7 Å². The van der Waals surface area contributed by atoms with Crippen molar-refractivity contribution < 1.29 is 33.8 Å². The molecule has 0 bridgehead atoms. The molecule has 0 aliphatic carbocycles. The SMILES string of the molecule is C=CCN(C(=O)C(CS)NC(=O)OC(C)(C)C)C(C(=O)NCCC(=O)OCC)c1ccccc1O. The Hall–Kier alpha value is -3.21. The van der Waals surface area contributed by atoms with Crippen LogP contribution in [0.2, 0.25) is 0 Å². The lowest BCUT2D eigenvalue weighted by atomic mass is 10.0. The Labute approximate surface area is 211 Å². The van der Waals surface area contributed by atoms with E-state index in [0.29, 0.717) is 0 Å². The van der Waals surface area contributed by atoms with Crippen LogP contribution in [-0.2, 0) is 23.9 Å². The van der Waals surface area contributed by atoms with Crippen molar-refractivity contribution >= 4 is 36.5 Å². The van der Waals surface area contributed by atoms with Crippen LogP contribution in [0.15, 0.2) is 36.9 Å². The Morgan fingerprint density at radius 2 is 1.89 bits per heavy atom. The summed E-state index contributed by atoms with van der Waals surface area (Å²) in [5.41, 5.74) is -0.627. The smallest absolute Gasteiger partial charge is 0.408 e. The van der Waals surface area contributed by atoms with Gasteiger partial charge in [0, 0.05) is 24.4 Å². The molecule has 2 unspecified atom stereocenters. The molecular weight excluding hydrogens is 474 g/mol. The summed E-state index contributed by atoms with van der Waals surface area (Å²) in [5.74, 6) is -2.05. The molecule has 3 N–H and O–H groups in total. The Bertz CT molecular complexity index is 901. The third kappa shape index (κ3) is 9.89. The number of nitrogens with one attached hydrogen (secondary N) is 2. The van der Waals surface area contributed by atoms with Crippen LogP contribution in [-0.4, -0.2) is 71.0 Å². The number of thiol groups is 1. The quantitative estimate of drug-likeness (QED) is 0.193. The molecule has 0 fully saturated rings. The number of para-hydroxylation sites is 1.